The summed E-state index contributed by atoms with van der Waals surface area (Å²) in [6.45, 7) is 5.79. The number of aromatic nitrogens is 1. The van der Waals surface area contributed by atoms with Gasteiger partial charge in [0, 0.05) is 12.2 Å². The highest BCUT2D eigenvalue weighted by Gasteiger charge is 2.17. The van der Waals surface area contributed by atoms with Crippen molar-refractivity contribution in [2.24, 2.45) is 5.92 Å². The van der Waals surface area contributed by atoms with Gasteiger partial charge in [0.1, 0.15) is 0 Å². The molecule has 0 aliphatic carbocycles. The fourth-order valence-electron chi connectivity index (χ4n) is 2.35. The van der Waals surface area contributed by atoms with Gasteiger partial charge >= 0.3 is 0 Å². The second-order valence-corrected chi connectivity index (χ2v) is 5.13. The van der Waals surface area contributed by atoms with Crippen LogP contribution in [0.3, 0.4) is 0 Å². The highest BCUT2D eigenvalue weighted by molar-refractivity contribution is 5.07. The maximum absolute atomic E-state index is 4.38. The van der Waals surface area contributed by atoms with Crippen molar-refractivity contribution in [2.75, 3.05) is 26.7 Å². The molecule has 0 unspecified atom stereocenters. The van der Waals surface area contributed by atoms with Crippen molar-refractivity contribution in [3.05, 3.63) is 30.1 Å². The monoisotopic (exact) mass is 233 g/mol. The topological polar surface area (TPSA) is 28.2 Å². The molecule has 0 bridgehead atoms. The number of hydrogen-bond acceptors (Lipinski definition) is 3. The number of nitrogens with zero attached hydrogens (tertiary/aromatic N) is 2. The third-order valence-corrected chi connectivity index (χ3v) is 3.68. The van der Waals surface area contributed by atoms with Crippen molar-refractivity contribution < 1.29 is 0 Å². The molecule has 1 fully saturated rings. The Labute approximate surface area is 104 Å². The zero-order valence-corrected chi connectivity index (χ0v) is 10.9. The minimum atomic E-state index is 0.357. The van der Waals surface area contributed by atoms with Gasteiger partial charge in [-0.2, -0.15) is 0 Å². The SMILES string of the molecule is C[C@H](NCC1CCN(C)CC1)c1ccccn1. The van der Waals surface area contributed by atoms with Crippen LogP contribution in [-0.2, 0) is 0 Å². The van der Waals surface area contributed by atoms with E-state index < -0.39 is 0 Å². The number of pyridine rings is 1. The molecule has 0 amide bonds. The minimum Gasteiger partial charge on any atom is -0.309 e. The molecular weight excluding hydrogens is 210 g/mol. The standard InChI is InChI=1S/C14H23N3/c1-12(14-5-3-4-8-15-14)16-11-13-6-9-17(2)10-7-13/h3-5,8,12-13,16H,6-7,9-11H2,1-2H3/t12-/m0/s1. The molecule has 0 aromatic carbocycles. The number of nitrogens with one attached hydrogen (secondary N) is 1. The van der Waals surface area contributed by atoms with Crippen molar-refractivity contribution in [3.8, 4) is 0 Å². The first-order valence-corrected chi connectivity index (χ1v) is 6.58. The summed E-state index contributed by atoms with van der Waals surface area (Å²) >= 11 is 0. The Morgan fingerprint density at radius 2 is 2.18 bits per heavy atom. The summed E-state index contributed by atoms with van der Waals surface area (Å²) in [6.07, 6.45) is 4.50. The van der Waals surface area contributed by atoms with Crippen LogP contribution in [0.4, 0.5) is 0 Å². The zero-order chi connectivity index (χ0) is 12.1. The summed E-state index contributed by atoms with van der Waals surface area (Å²) in [4.78, 5) is 6.80. The first kappa shape index (κ1) is 12.5. The average Bonchev–Trinajstić information content (AvgIpc) is 2.39. The smallest absolute Gasteiger partial charge is 0.0570 e. The van der Waals surface area contributed by atoms with E-state index in [0.29, 0.717) is 6.04 Å². The van der Waals surface area contributed by atoms with Gasteiger partial charge in [-0.1, -0.05) is 6.07 Å². The summed E-state index contributed by atoms with van der Waals surface area (Å²) in [5.74, 6) is 0.831. The van der Waals surface area contributed by atoms with Gasteiger partial charge < -0.3 is 10.2 Å². The van der Waals surface area contributed by atoms with E-state index in [9.17, 15) is 0 Å². The van der Waals surface area contributed by atoms with Gasteiger partial charge in [-0.05, 0) is 64.5 Å². The lowest BCUT2D eigenvalue weighted by atomic mass is 9.97. The summed E-state index contributed by atoms with van der Waals surface area (Å²) < 4.78 is 0. The predicted octanol–water partition coefficient (Wildman–Crippen LogP) is 2.07. The normalized spacial score (nSPS) is 20.4. The fraction of sp³-hybridized carbons (Fsp3) is 0.643. The van der Waals surface area contributed by atoms with E-state index in [1.54, 1.807) is 0 Å². The number of piperidine rings is 1. The summed E-state index contributed by atoms with van der Waals surface area (Å²) in [7, 11) is 2.21. The first-order chi connectivity index (χ1) is 8.25. The van der Waals surface area contributed by atoms with Crippen LogP contribution in [0.5, 0.6) is 0 Å². The molecule has 1 aromatic rings. The molecule has 0 saturated carbocycles. The van der Waals surface area contributed by atoms with Gasteiger partial charge in [-0.15, -0.1) is 0 Å². The molecule has 2 heterocycles. The Morgan fingerprint density at radius 3 is 2.82 bits per heavy atom. The van der Waals surface area contributed by atoms with Crippen molar-refractivity contribution in [1.29, 1.82) is 0 Å². The molecular formula is C14H23N3. The third kappa shape index (κ3) is 3.79. The largest absolute Gasteiger partial charge is 0.309 e. The lowest BCUT2D eigenvalue weighted by Gasteiger charge is -2.29. The Bertz CT molecular complexity index is 317. The van der Waals surface area contributed by atoms with Gasteiger partial charge in [-0.3, -0.25) is 4.98 Å². The van der Waals surface area contributed by atoms with Crippen LogP contribution >= 0.6 is 0 Å². The lowest BCUT2D eigenvalue weighted by molar-refractivity contribution is 0.213. The van der Waals surface area contributed by atoms with Gasteiger partial charge in [0.25, 0.3) is 0 Å². The van der Waals surface area contributed by atoms with E-state index >= 15 is 0 Å². The van der Waals surface area contributed by atoms with Gasteiger partial charge in [0.05, 0.1) is 5.69 Å². The molecule has 1 saturated heterocycles. The van der Waals surface area contributed by atoms with Crippen molar-refractivity contribution in [3.63, 3.8) is 0 Å². The quantitative estimate of drug-likeness (QED) is 0.863. The van der Waals surface area contributed by atoms with Crippen molar-refractivity contribution >= 4 is 0 Å². The third-order valence-electron chi connectivity index (χ3n) is 3.68. The minimum absolute atomic E-state index is 0.357. The van der Waals surface area contributed by atoms with Crippen molar-refractivity contribution in [1.82, 2.24) is 15.2 Å². The van der Waals surface area contributed by atoms with Crippen LogP contribution < -0.4 is 5.32 Å². The highest BCUT2D eigenvalue weighted by Crippen LogP contribution is 2.16. The zero-order valence-electron chi connectivity index (χ0n) is 10.9. The van der Waals surface area contributed by atoms with Crippen LogP contribution in [0.25, 0.3) is 0 Å². The lowest BCUT2D eigenvalue weighted by Crippen LogP contribution is -2.35. The van der Waals surface area contributed by atoms with E-state index in [2.05, 4.69) is 41.3 Å². The maximum Gasteiger partial charge on any atom is 0.0570 e. The molecule has 2 rings (SSSR count). The molecule has 1 aromatic heterocycles. The van der Waals surface area contributed by atoms with Crippen LogP contribution in [-0.4, -0.2) is 36.6 Å². The summed E-state index contributed by atoms with van der Waals surface area (Å²) in [5.41, 5.74) is 1.14. The molecule has 3 heteroatoms. The second kappa shape index (κ2) is 6.12. The van der Waals surface area contributed by atoms with E-state index in [1.165, 1.54) is 25.9 Å². The molecule has 1 aliphatic rings. The Morgan fingerprint density at radius 1 is 1.41 bits per heavy atom. The molecule has 94 valence electrons. The van der Waals surface area contributed by atoms with Crippen LogP contribution in [0.1, 0.15) is 31.5 Å². The van der Waals surface area contributed by atoms with Crippen LogP contribution in [0.15, 0.2) is 24.4 Å². The fourth-order valence-corrected chi connectivity index (χ4v) is 2.35. The molecule has 0 spiro atoms. The van der Waals surface area contributed by atoms with E-state index in [1.807, 2.05) is 12.3 Å². The number of likely N-dealkylation sites (tertiary alicyclic amines) is 1. The number of hydrogen-bond donors (Lipinski definition) is 1. The van der Waals surface area contributed by atoms with E-state index in [-0.39, 0.29) is 0 Å². The molecule has 3 nitrogen and oxygen atoms in total. The summed E-state index contributed by atoms with van der Waals surface area (Å²) in [5, 5.41) is 3.60. The highest BCUT2D eigenvalue weighted by atomic mass is 15.1. The van der Waals surface area contributed by atoms with Crippen molar-refractivity contribution in [2.45, 2.75) is 25.8 Å². The predicted molar refractivity (Wildman–Crippen MR) is 70.9 cm³/mol. The van der Waals surface area contributed by atoms with E-state index in [4.69, 9.17) is 0 Å². The molecule has 1 atom stereocenters. The molecule has 0 radical (unpaired) electrons. The van der Waals surface area contributed by atoms with Crippen LogP contribution in [0.2, 0.25) is 0 Å². The molecule has 17 heavy (non-hydrogen) atoms. The van der Waals surface area contributed by atoms with Gasteiger partial charge in [0.15, 0.2) is 0 Å². The average molecular weight is 233 g/mol. The van der Waals surface area contributed by atoms with Crippen LogP contribution in [0, 0.1) is 5.92 Å². The van der Waals surface area contributed by atoms with Gasteiger partial charge in [0.2, 0.25) is 0 Å². The summed E-state index contributed by atoms with van der Waals surface area (Å²) in [6, 6.07) is 6.46. The maximum atomic E-state index is 4.38. The van der Waals surface area contributed by atoms with E-state index in [0.717, 1.165) is 18.2 Å². The molecule has 1 N–H and O–H groups in total. The molecule has 1 aliphatic heterocycles. The Hall–Kier alpha value is -0.930. The van der Waals surface area contributed by atoms with Gasteiger partial charge in [-0.25, -0.2) is 0 Å². The first-order valence-electron chi connectivity index (χ1n) is 6.58. The number of rotatable bonds is 4. The Balaban J connectivity index is 1.75. The second-order valence-electron chi connectivity index (χ2n) is 5.13. The Kier molecular flexibility index (Phi) is 4.51.